The molecule has 2 N–H and O–H groups in total. The van der Waals surface area contributed by atoms with Crippen molar-refractivity contribution >= 4 is 5.91 Å². The molecule has 0 unspecified atom stereocenters. The molecule has 4 heteroatoms. The minimum Gasteiger partial charge on any atom is -0.378 e. The van der Waals surface area contributed by atoms with Gasteiger partial charge in [0.1, 0.15) is 0 Å². The van der Waals surface area contributed by atoms with Crippen LogP contribution in [0.25, 0.3) is 0 Å². The number of likely N-dealkylation sites (tertiary alicyclic amines) is 1. The SMILES string of the molecule is C[C@@H](N)C(=O)N1CCC(OCC2CC2)CC1. The molecule has 0 radical (unpaired) electrons. The monoisotopic (exact) mass is 226 g/mol. The van der Waals surface area contributed by atoms with E-state index in [0.717, 1.165) is 38.5 Å². The highest BCUT2D eigenvalue weighted by Crippen LogP contribution is 2.30. The lowest BCUT2D eigenvalue weighted by Crippen LogP contribution is -2.47. The third-order valence-electron chi connectivity index (χ3n) is 3.41. The second-order valence-corrected chi connectivity index (χ2v) is 5.09. The molecule has 1 aliphatic heterocycles. The number of carbonyl (C=O) groups excluding carboxylic acids is 1. The van der Waals surface area contributed by atoms with Crippen molar-refractivity contribution in [2.24, 2.45) is 11.7 Å². The van der Waals surface area contributed by atoms with E-state index in [1.807, 2.05) is 4.90 Å². The number of piperidine rings is 1. The van der Waals surface area contributed by atoms with Gasteiger partial charge in [-0.25, -0.2) is 0 Å². The molecule has 1 saturated carbocycles. The van der Waals surface area contributed by atoms with Crippen molar-refractivity contribution < 1.29 is 9.53 Å². The van der Waals surface area contributed by atoms with Gasteiger partial charge in [-0.1, -0.05) is 0 Å². The van der Waals surface area contributed by atoms with Crippen LogP contribution in [-0.4, -0.2) is 42.6 Å². The van der Waals surface area contributed by atoms with Gasteiger partial charge in [0.05, 0.1) is 12.1 Å². The lowest BCUT2D eigenvalue weighted by atomic mass is 10.1. The fourth-order valence-electron chi connectivity index (χ4n) is 2.09. The quantitative estimate of drug-likeness (QED) is 0.769. The average Bonchev–Trinajstić information content (AvgIpc) is 3.10. The van der Waals surface area contributed by atoms with Gasteiger partial charge < -0.3 is 15.4 Å². The zero-order valence-electron chi connectivity index (χ0n) is 10.0. The molecule has 2 rings (SSSR count). The van der Waals surface area contributed by atoms with Gasteiger partial charge in [-0.2, -0.15) is 0 Å². The van der Waals surface area contributed by atoms with Crippen LogP contribution < -0.4 is 5.73 Å². The second-order valence-electron chi connectivity index (χ2n) is 5.09. The Labute approximate surface area is 97.1 Å². The van der Waals surface area contributed by atoms with Gasteiger partial charge in [0.2, 0.25) is 5.91 Å². The van der Waals surface area contributed by atoms with E-state index in [1.165, 1.54) is 12.8 Å². The van der Waals surface area contributed by atoms with Gasteiger partial charge in [-0.3, -0.25) is 4.79 Å². The van der Waals surface area contributed by atoms with Crippen molar-refractivity contribution in [2.75, 3.05) is 19.7 Å². The minimum absolute atomic E-state index is 0.0700. The normalized spacial score (nSPS) is 24.5. The number of carbonyl (C=O) groups is 1. The van der Waals surface area contributed by atoms with Crippen LogP contribution in [0.5, 0.6) is 0 Å². The van der Waals surface area contributed by atoms with E-state index in [-0.39, 0.29) is 11.9 Å². The van der Waals surface area contributed by atoms with Crippen LogP contribution in [0, 0.1) is 5.92 Å². The number of nitrogens with two attached hydrogens (primary N) is 1. The summed E-state index contributed by atoms with van der Waals surface area (Å²) in [5.41, 5.74) is 5.59. The number of amides is 1. The van der Waals surface area contributed by atoms with Crippen molar-refractivity contribution in [2.45, 2.75) is 44.8 Å². The van der Waals surface area contributed by atoms with Crippen LogP contribution in [0.1, 0.15) is 32.6 Å². The summed E-state index contributed by atoms with van der Waals surface area (Å²) in [4.78, 5) is 13.5. The van der Waals surface area contributed by atoms with Crippen molar-refractivity contribution in [3.63, 3.8) is 0 Å². The third kappa shape index (κ3) is 3.19. The third-order valence-corrected chi connectivity index (χ3v) is 3.41. The Bertz CT molecular complexity index is 243. The van der Waals surface area contributed by atoms with Gasteiger partial charge in [0, 0.05) is 19.7 Å². The maximum atomic E-state index is 11.6. The van der Waals surface area contributed by atoms with Gasteiger partial charge in [-0.05, 0) is 38.5 Å². The highest BCUT2D eigenvalue weighted by molar-refractivity contribution is 5.81. The Balaban J connectivity index is 1.67. The van der Waals surface area contributed by atoms with Crippen LogP contribution in [0.4, 0.5) is 0 Å². The van der Waals surface area contributed by atoms with E-state index in [1.54, 1.807) is 6.92 Å². The summed E-state index contributed by atoms with van der Waals surface area (Å²) >= 11 is 0. The topological polar surface area (TPSA) is 55.6 Å². The number of ether oxygens (including phenoxy) is 1. The molecular formula is C12H22N2O2. The Morgan fingerprint density at radius 1 is 1.38 bits per heavy atom. The number of hydrogen-bond donors (Lipinski definition) is 1. The summed E-state index contributed by atoms with van der Waals surface area (Å²) in [7, 11) is 0. The van der Waals surface area contributed by atoms with Gasteiger partial charge in [0.15, 0.2) is 0 Å². The Hall–Kier alpha value is -0.610. The zero-order valence-corrected chi connectivity index (χ0v) is 10.0. The molecule has 0 spiro atoms. The molecule has 4 nitrogen and oxygen atoms in total. The lowest BCUT2D eigenvalue weighted by molar-refractivity contribution is -0.134. The maximum Gasteiger partial charge on any atom is 0.239 e. The lowest BCUT2D eigenvalue weighted by Gasteiger charge is -2.32. The Morgan fingerprint density at radius 2 is 2.00 bits per heavy atom. The fraction of sp³-hybridized carbons (Fsp3) is 0.917. The Morgan fingerprint density at radius 3 is 2.50 bits per heavy atom. The molecule has 1 amide bonds. The maximum absolute atomic E-state index is 11.6. The molecule has 1 heterocycles. The van der Waals surface area contributed by atoms with Crippen molar-refractivity contribution in [1.82, 2.24) is 4.90 Å². The van der Waals surface area contributed by atoms with E-state index in [2.05, 4.69) is 0 Å². The molecule has 1 atom stereocenters. The first-order valence-corrected chi connectivity index (χ1v) is 6.33. The standard InChI is InChI=1S/C12H22N2O2/c1-9(13)12(15)14-6-4-11(5-7-14)16-8-10-2-3-10/h9-11H,2-8,13H2,1H3/t9-/m1/s1. The van der Waals surface area contributed by atoms with Crippen LogP contribution in [0.3, 0.4) is 0 Å². The average molecular weight is 226 g/mol. The first-order chi connectivity index (χ1) is 7.66. The number of nitrogens with zero attached hydrogens (tertiary/aromatic N) is 1. The van der Waals surface area contributed by atoms with E-state index in [9.17, 15) is 4.79 Å². The molecule has 2 fully saturated rings. The summed E-state index contributed by atoms with van der Waals surface area (Å²) < 4.78 is 5.83. The summed E-state index contributed by atoms with van der Waals surface area (Å²) in [6.45, 7) is 4.27. The molecule has 0 bridgehead atoms. The highest BCUT2D eigenvalue weighted by atomic mass is 16.5. The zero-order chi connectivity index (χ0) is 11.5. The van der Waals surface area contributed by atoms with Crippen LogP contribution >= 0.6 is 0 Å². The predicted octanol–water partition coefficient (Wildman–Crippen LogP) is 0.751. The summed E-state index contributed by atoms with van der Waals surface area (Å²) in [5.74, 6) is 0.893. The molecule has 0 aromatic rings. The van der Waals surface area contributed by atoms with Gasteiger partial charge in [0.25, 0.3) is 0 Å². The van der Waals surface area contributed by atoms with Crippen LogP contribution in [0.15, 0.2) is 0 Å². The molecule has 0 aromatic heterocycles. The molecular weight excluding hydrogens is 204 g/mol. The number of hydrogen-bond acceptors (Lipinski definition) is 3. The number of rotatable bonds is 4. The van der Waals surface area contributed by atoms with Crippen molar-refractivity contribution in [3.8, 4) is 0 Å². The van der Waals surface area contributed by atoms with Gasteiger partial charge in [-0.15, -0.1) is 0 Å². The largest absolute Gasteiger partial charge is 0.378 e. The summed E-state index contributed by atoms with van der Waals surface area (Å²) in [6.07, 6.45) is 4.96. The molecule has 16 heavy (non-hydrogen) atoms. The summed E-state index contributed by atoms with van der Waals surface area (Å²) in [5, 5.41) is 0. The minimum atomic E-state index is -0.371. The van der Waals surface area contributed by atoms with E-state index in [0.29, 0.717) is 6.10 Å². The summed E-state index contributed by atoms with van der Waals surface area (Å²) in [6, 6.07) is -0.371. The Kier molecular flexibility index (Phi) is 3.82. The highest BCUT2D eigenvalue weighted by Gasteiger charge is 2.27. The molecule has 0 aromatic carbocycles. The van der Waals surface area contributed by atoms with Crippen molar-refractivity contribution in [3.05, 3.63) is 0 Å². The van der Waals surface area contributed by atoms with Crippen LogP contribution in [-0.2, 0) is 9.53 Å². The first-order valence-electron chi connectivity index (χ1n) is 6.33. The molecule has 1 aliphatic carbocycles. The fourth-order valence-corrected chi connectivity index (χ4v) is 2.09. The van der Waals surface area contributed by atoms with E-state index >= 15 is 0 Å². The molecule has 92 valence electrons. The van der Waals surface area contributed by atoms with Gasteiger partial charge >= 0.3 is 0 Å². The molecule has 1 saturated heterocycles. The second kappa shape index (κ2) is 5.15. The first kappa shape index (κ1) is 11.9. The smallest absolute Gasteiger partial charge is 0.239 e. The van der Waals surface area contributed by atoms with E-state index in [4.69, 9.17) is 10.5 Å². The molecule has 2 aliphatic rings. The predicted molar refractivity (Wildman–Crippen MR) is 61.9 cm³/mol. The van der Waals surface area contributed by atoms with Crippen molar-refractivity contribution in [1.29, 1.82) is 0 Å². The van der Waals surface area contributed by atoms with Crippen LogP contribution in [0.2, 0.25) is 0 Å². The van der Waals surface area contributed by atoms with E-state index < -0.39 is 0 Å².